The van der Waals surface area contributed by atoms with E-state index in [1.807, 2.05) is 18.2 Å². The zero-order chi connectivity index (χ0) is 14.1. The highest BCUT2D eigenvalue weighted by atomic mass is 16.1. The first-order chi connectivity index (χ1) is 9.63. The largest absolute Gasteiger partial charge is 0.343 e. The summed E-state index contributed by atoms with van der Waals surface area (Å²) in [6.45, 7) is 4.56. The lowest BCUT2D eigenvalue weighted by molar-refractivity contribution is 0.101. The molecule has 0 aliphatic carbocycles. The molecule has 0 saturated carbocycles. The Balaban J connectivity index is 1.98. The number of fused-ring (bicyclic) bond motifs is 1. The zero-order valence-electron chi connectivity index (χ0n) is 11.8. The van der Waals surface area contributed by atoms with Crippen LogP contribution in [0, 0.1) is 6.92 Å². The molecule has 1 aromatic heterocycles. The van der Waals surface area contributed by atoms with Gasteiger partial charge in [0, 0.05) is 29.2 Å². The van der Waals surface area contributed by atoms with Crippen molar-refractivity contribution in [1.82, 2.24) is 4.57 Å². The average Bonchev–Trinajstić information content (AvgIpc) is 2.81. The molecule has 0 spiro atoms. The molecule has 2 heteroatoms. The first kappa shape index (κ1) is 12.7. The van der Waals surface area contributed by atoms with E-state index in [9.17, 15) is 4.79 Å². The summed E-state index contributed by atoms with van der Waals surface area (Å²) in [5.41, 5.74) is 4.50. The van der Waals surface area contributed by atoms with Gasteiger partial charge in [0.25, 0.3) is 0 Å². The minimum Gasteiger partial charge on any atom is -0.343 e. The maximum atomic E-state index is 11.4. The molecule has 1 heterocycles. The van der Waals surface area contributed by atoms with Crippen LogP contribution in [0.25, 0.3) is 10.9 Å². The molecule has 3 aromatic rings. The van der Waals surface area contributed by atoms with Crippen molar-refractivity contribution in [1.29, 1.82) is 0 Å². The lowest BCUT2D eigenvalue weighted by Gasteiger charge is -2.07. The van der Waals surface area contributed by atoms with E-state index >= 15 is 0 Å². The van der Waals surface area contributed by atoms with Crippen molar-refractivity contribution in [3.05, 3.63) is 71.4 Å². The Bertz CT molecular complexity index is 783. The molecule has 0 N–H and O–H groups in total. The number of nitrogens with zero attached hydrogens (tertiary/aromatic N) is 1. The van der Waals surface area contributed by atoms with Gasteiger partial charge in [-0.25, -0.2) is 0 Å². The van der Waals surface area contributed by atoms with E-state index < -0.39 is 0 Å². The van der Waals surface area contributed by atoms with Crippen molar-refractivity contribution in [2.75, 3.05) is 0 Å². The molecule has 0 amide bonds. The first-order valence-corrected chi connectivity index (χ1v) is 6.79. The second-order valence-electron chi connectivity index (χ2n) is 5.26. The Morgan fingerprint density at radius 2 is 1.95 bits per heavy atom. The number of ketones is 1. The van der Waals surface area contributed by atoms with Crippen molar-refractivity contribution in [2.24, 2.45) is 0 Å². The number of rotatable bonds is 3. The van der Waals surface area contributed by atoms with Crippen LogP contribution in [0.1, 0.15) is 28.4 Å². The average molecular weight is 263 g/mol. The van der Waals surface area contributed by atoms with Gasteiger partial charge < -0.3 is 4.57 Å². The Morgan fingerprint density at radius 3 is 2.70 bits per heavy atom. The highest BCUT2D eigenvalue weighted by molar-refractivity contribution is 5.98. The fraction of sp³-hybridized carbons (Fsp3) is 0.167. The number of hydrogen-bond donors (Lipinski definition) is 0. The first-order valence-electron chi connectivity index (χ1n) is 6.79. The number of aromatic nitrogens is 1. The van der Waals surface area contributed by atoms with Gasteiger partial charge in [0.2, 0.25) is 0 Å². The second-order valence-corrected chi connectivity index (χ2v) is 5.26. The van der Waals surface area contributed by atoms with Crippen LogP contribution >= 0.6 is 0 Å². The quantitative estimate of drug-likeness (QED) is 0.649. The summed E-state index contributed by atoms with van der Waals surface area (Å²) in [6.07, 6.45) is 2.08. The third-order valence-electron chi connectivity index (χ3n) is 3.61. The van der Waals surface area contributed by atoms with Crippen molar-refractivity contribution >= 4 is 16.7 Å². The van der Waals surface area contributed by atoms with E-state index in [0.717, 1.165) is 23.0 Å². The third-order valence-corrected chi connectivity index (χ3v) is 3.61. The molecule has 20 heavy (non-hydrogen) atoms. The summed E-state index contributed by atoms with van der Waals surface area (Å²) < 4.78 is 2.22. The topological polar surface area (TPSA) is 22.0 Å². The van der Waals surface area contributed by atoms with Gasteiger partial charge in [0.15, 0.2) is 5.78 Å². The minimum absolute atomic E-state index is 0.110. The molecule has 0 radical (unpaired) electrons. The van der Waals surface area contributed by atoms with Gasteiger partial charge in [0.05, 0.1) is 0 Å². The number of benzene rings is 2. The number of hydrogen-bond acceptors (Lipinski definition) is 1. The summed E-state index contributed by atoms with van der Waals surface area (Å²) in [4.78, 5) is 11.4. The Morgan fingerprint density at radius 1 is 1.10 bits per heavy atom. The lowest BCUT2D eigenvalue weighted by Crippen LogP contribution is -1.98. The Kier molecular flexibility index (Phi) is 3.15. The van der Waals surface area contributed by atoms with E-state index in [0.29, 0.717) is 0 Å². The summed E-state index contributed by atoms with van der Waals surface area (Å²) in [5.74, 6) is 0.110. The number of carbonyl (C=O) groups excluding carboxylic acids is 1. The molecule has 0 atom stereocenters. The molecule has 0 aliphatic rings. The Hall–Kier alpha value is -2.35. The molecule has 0 saturated heterocycles. The Labute approximate surface area is 118 Å². The van der Waals surface area contributed by atoms with E-state index in [4.69, 9.17) is 0 Å². The van der Waals surface area contributed by atoms with Crippen molar-refractivity contribution in [3.63, 3.8) is 0 Å². The predicted molar refractivity (Wildman–Crippen MR) is 82.2 cm³/mol. The molecule has 100 valence electrons. The molecule has 0 unspecified atom stereocenters. The maximum Gasteiger partial charge on any atom is 0.159 e. The maximum absolute atomic E-state index is 11.4. The third kappa shape index (κ3) is 2.37. The molecule has 2 aromatic carbocycles. The number of Topliss-reactive ketones (excluding diaryl/α,β-unsaturated/α-hetero) is 1. The van der Waals surface area contributed by atoms with Gasteiger partial charge in [-0.1, -0.05) is 29.8 Å². The summed E-state index contributed by atoms with van der Waals surface area (Å²) in [7, 11) is 0. The zero-order valence-corrected chi connectivity index (χ0v) is 11.8. The molecule has 2 nitrogen and oxygen atoms in total. The van der Waals surface area contributed by atoms with Gasteiger partial charge in [-0.2, -0.15) is 0 Å². The molecule has 0 aliphatic heterocycles. The second kappa shape index (κ2) is 4.97. The molecule has 3 rings (SSSR count). The van der Waals surface area contributed by atoms with Crippen molar-refractivity contribution in [3.8, 4) is 0 Å². The van der Waals surface area contributed by atoms with Crippen LogP contribution in [0.2, 0.25) is 0 Å². The molecular formula is C18H17NO. The summed E-state index contributed by atoms with van der Waals surface area (Å²) >= 11 is 0. The van der Waals surface area contributed by atoms with Crippen LogP contribution in [0.5, 0.6) is 0 Å². The van der Waals surface area contributed by atoms with Crippen LogP contribution in [0.15, 0.2) is 54.7 Å². The molecular weight excluding hydrogens is 246 g/mol. The van der Waals surface area contributed by atoms with E-state index in [-0.39, 0.29) is 5.78 Å². The van der Waals surface area contributed by atoms with E-state index in [1.165, 1.54) is 11.1 Å². The number of aryl methyl sites for hydroxylation is 1. The highest BCUT2D eigenvalue weighted by Crippen LogP contribution is 2.19. The highest BCUT2D eigenvalue weighted by Gasteiger charge is 2.05. The summed E-state index contributed by atoms with van der Waals surface area (Å²) in [5, 5.41) is 1.12. The van der Waals surface area contributed by atoms with Gasteiger partial charge in [-0.15, -0.1) is 0 Å². The monoisotopic (exact) mass is 263 g/mol. The van der Waals surface area contributed by atoms with Crippen LogP contribution in [-0.4, -0.2) is 10.4 Å². The fourth-order valence-electron chi connectivity index (χ4n) is 2.56. The summed E-state index contributed by atoms with van der Waals surface area (Å²) in [6, 6.07) is 16.5. The fourth-order valence-corrected chi connectivity index (χ4v) is 2.56. The normalized spacial score (nSPS) is 10.9. The predicted octanol–water partition coefficient (Wildman–Crippen LogP) is 4.20. The number of carbonyl (C=O) groups is 1. The van der Waals surface area contributed by atoms with Crippen molar-refractivity contribution < 1.29 is 4.79 Å². The van der Waals surface area contributed by atoms with E-state index in [2.05, 4.69) is 48.0 Å². The van der Waals surface area contributed by atoms with Gasteiger partial charge >= 0.3 is 0 Å². The molecule has 0 bridgehead atoms. The standard InChI is InChI=1S/C18H17NO/c1-13-4-3-5-15(10-13)12-19-9-8-17-11-16(14(2)20)6-7-18(17)19/h3-11H,12H2,1-2H3. The SMILES string of the molecule is CC(=O)c1ccc2c(ccn2Cc2cccc(C)c2)c1. The lowest BCUT2D eigenvalue weighted by atomic mass is 10.1. The molecule has 0 fully saturated rings. The van der Waals surface area contributed by atoms with Crippen LogP contribution in [0.3, 0.4) is 0 Å². The minimum atomic E-state index is 0.110. The van der Waals surface area contributed by atoms with Crippen molar-refractivity contribution in [2.45, 2.75) is 20.4 Å². The van der Waals surface area contributed by atoms with Crippen LogP contribution in [0.4, 0.5) is 0 Å². The van der Waals surface area contributed by atoms with Gasteiger partial charge in [-0.05, 0) is 43.7 Å². The van der Waals surface area contributed by atoms with E-state index in [1.54, 1.807) is 6.92 Å². The van der Waals surface area contributed by atoms with Gasteiger partial charge in [-0.3, -0.25) is 4.79 Å². The smallest absolute Gasteiger partial charge is 0.159 e. The van der Waals surface area contributed by atoms with Crippen LogP contribution < -0.4 is 0 Å². The van der Waals surface area contributed by atoms with Gasteiger partial charge in [0.1, 0.15) is 0 Å². The van der Waals surface area contributed by atoms with Crippen LogP contribution in [-0.2, 0) is 6.54 Å².